The number of thioether (sulfide) groups is 1. The summed E-state index contributed by atoms with van der Waals surface area (Å²) in [5, 5.41) is 10.4. The minimum absolute atomic E-state index is 0.139. The molecule has 0 bridgehead atoms. The normalized spacial score (nSPS) is 14.8. The fourth-order valence-corrected chi connectivity index (χ4v) is 1.45. The standard InChI is InChI=1S/C9H17NO2S/c1-9(2,3)4-5-13-6-7(10)8(11)12/h4-5,7H,6,10H2,1-3H3,(H,11,12)/b5-4+/t7-/m0/s1. The van der Waals surface area contributed by atoms with Crippen LogP contribution in [0.1, 0.15) is 20.8 Å². The maximum absolute atomic E-state index is 10.3. The Hall–Kier alpha value is -0.480. The Kier molecular flexibility index (Phi) is 5.10. The molecule has 0 fully saturated rings. The molecule has 13 heavy (non-hydrogen) atoms. The third kappa shape index (κ3) is 7.87. The van der Waals surface area contributed by atoms with Gasteiger partial charge in [0.05, 0.1) is 0 Å². The predicted octanol–water partition coefficient (Wildman–Crippen LogP) is 1.69. The van der Waals surface area contributed by atoms with Crippen molar-refractivity contribution in [2.45, 2.75) is 26.8 Å². The van der Waals surface area contributed by atoms with Crippen LogP contribution in [0.2, 0.25) is 0 Å². The van der Waals surface area contributed by atoms with E-state index in [9.17, 15) is 4.79 Å². The first kappa shape index (κ1) is 12.5. The van der Waals surface area contributed by atoms with Crippen molar-refractivity contribution in [2.75, 3.05) is 5.75 Å². The van der Waals surface area contributed by atoms with Crippen LogP contribution >= 0.6 is 11.8 Å². The molecule has 0 saturated heterocycles. The number of hydrogen-bond acceptors (Lipinski definition) is 3. The fourth-order valence-electron chi connectivity index (χ4n) is 0.483. The Labute approximate surface area is 83.4 Å². The number of carboxylic acid groups (broad SMARTS) is 1. The quantitative estimate of drug-likeness (QED) is 0.730. The Balaban J connectivity index is 3.68. The minimum atomic E-state index is -0.948. The third-order valence-corrected chi connectivity index (χ3v) is 2.14. The molecule has 3 N–H and O–H groups in total. The lowest BCUT2D eigenvalue weighted by Crippen LogP contribution is -2.32. The van der Waals surface area contributed by atoms with Crippen molar-refractivity contribution < 1.29 is 9.90 Å². The van der Waals surface area contributed by atoms with Gasteiger partial charge in [-0.2, -0.15) is 0 Å². The monoisotopic (exact) mass is 203 g/mol. The van der Waals surface area contributed by atoms with Crippen molar-refractivity contribution in [2.24, 2.45) is 11.1 Å². The van der Waals surface area contributed by atoms with E-state index in [2.05, 4.69) is 20.8 Å². The molecule has 0 unspecified atom stereocenters. The van der Waals surface area contributed by atoms with Crippen molar-refractivity contribution in [1.29, 1.82) is 0 Å². The van der Waals surface area contributed by atoms with E-state index in [0.717, 1.165) is 0 Å². The smallest absolute Gasteiger partial charge is 0.321 e. The van der Waals surface area contributed by atoms with Gasteiger partial charge in [0.25, 0.3) is 0 Å². The molecule has 0 heterocycles. The highest BCUT2D eigenvalue weighted by atomic mass is 32.2. The first-order chi connectivity index (χ1) is 5.83. The maximum atomic E-state index is 10.3. The molecule has 3 nitrogen and oxygen atoms in total. The maximum Gasteiger partial charge on any atom is 0.321 e. The van der Waals surface area contributed by atoms with Crippen LogP contribution in [0.25, 0.3) is 0 Å². The molecule has 0 aromatic heterocycles. The molecule has 0 spiro atoms. The van der Waals surface area contributed by atoms with Crippen molar-refractivity contribution in [3.05, 3.63) is 11.5 Å². The largest absolute Gasteiger partial charge is 0.480 e. The average Bonchev–Trinajstić information content (AvgIpc) is 1.95. The molecule has 0 aromatic rings. The van der Waals surface area contributed by atoms with Crippen LogP contribution in [0.5, 0.6) is 0 Å². The Morgan fingerprint density at radius 1 is 1.62 bits per heavy atom. The van der Waals surface area contributed by atoms with E-state index in [-0.39, 0.29) is 5.41 Å². The zero-order valence-corrected chi connectivity index (χ0v) is 9.10. The van der Waals surface area contributed by atoms with E-state index in [4.69, 9.17) is 10.8 Å². The van der Waals surface area contributed by atoms with E-state index in [1.165, 1.54) is 11.8 Å². The summed E-state index contributed by atoms with van der Waals surface area (Å²) in [6.45, 7) is 6.25. The molecule has 0 radical (unpaired) electrons. The van der Waals surface area contributed by atoms with E-state index < -0.39 is 12.0 Å². The third-order valence-electron chi connectivity index (χ3n) is 1.26. The van der Waals surface area contributed by atoms with Crippen LogP contribution in [0.15, 0.2) is 11.5 Å². The second-order valence-corrected chi connectivity index (χ2v) is 4.89. The van der Waals surface area contributed by atoms with Gasteiger partial charge in [-0.25, -0.2) is 0 Å². The molecular formula is C9H17NO2S. The number of nitrogens with two attached hydrogens (primary N) is 1. The lowest BCUT2D eigenvalue weighted by Gasteiger charge is -2.11. The van der Waals surface area contributed by atoms with Crippen LogP contribution in [0.4, 0.5) is 0 Å². The molecule has 0 aliphatic carbocycles. The molecular weight excluding hydrogens is 186 g/mol. The Morgan fingerprint density at radius 2 is 2.15 bits per heavy atom. The van der Waals surface area contributed by atoms with Gasteiger partial charge in [0, 0.05) is 5.75 Å². The van der Waals surface area contributed by atoms with Crippen molar-refractivity contribution in [1.82, 2.24) is 0 Å². The van der Waals surface area contributed by atoms with E-state index >= 15 is 0 Å². The number of aliphatic carboxylic acids is 1. The lowest BCUT2D eigenvalue weighted by molar-refractivity contribution is -0.137. The van der Waals surface area contributed by atoms with Crippen LogP contribution in [0, 0.1) is 5.41 Å². The Bertz CT molecular complexity index is 196. The molecule has 0 saturated carbocycles. The zero-order valence-electron chi connectivity index (χ0n) is 8.28. The number of carboxylic acids is 1. The summed E-state index contributed by atoms with van der Waals surface area (Å²) in [6.07, 6.45) is 2.03. The van der Waals surface area contributed by atoms with Gasteiger partial charge in [0.1, 0.15) is 6.04 Å². The number of allylic oxidation sites excluding steroid dienone is 1. The van der Waals surface area contributed by atoms with Gasteiger partial charge in [-0.15, -0.1) is 11.8 Å². The topological polar surface area (TPSA) is 63.3 Å². The summed E-state index contributed by atoms with van der Waals surface area (Å²) in [5.74, 6) is -0.529. The van der Waals surface area contributed by atoms with Crippen molar-refractivity contribution >= 4 is 17.7 Å². The zero-order chi connectivity index (χ0) is 10.5. The molecule has 76 valence electrons. The first-order valence-electron chi connectivity index (χ1n) is 4.10. The van der Waals surface area contributed by atoms with Crippen molar-refractivity contribution in [3.8, 4) is 0 Å². The summed E-state index contributed by atoms with van der Waals surface area (Å²) in [7, 11) is 0. The number of carbonyl (C=O) groups is 1. The summed E-state index contributed by atoms with van der Waals surface area (Å²) >= 11 is 1.43. The van der Waals surface area contributed by atoms with Gasteiger partial charge < -0.3 is 10.8 Å². The highest BCUT2D eigenvalue weighted by Gasteiger charge is 2.10. The first-order valence-corrected chi connectivity index (χ1v) is 5.15. The van der Waals surface area contributed by atoms with E-state index in [1.54, 1.807) is 0 Å². The molecule has 0 aliphatic heterocycles. The van der Waals surface area contributed by atoms with Gasteiger partial charge >= 0.3 is 5.97 Å². The van der Waals surface area contributed by atoms with Crippen LogP contribution < -0.4 is 5.73 Å². The summed E-state index contributed by atoms with van der Waals surface area (Å²) in [5.41, 5.74) is 5.45. The van der Waals surface area contributed by atoms with Gasteiger partial charge in [-0.05, 0) is 10.8 Å². The summed E-state index contributed by atoms with van der Waals surface area (Å²) in [4.78, 5) is 10.3. The Morgan fingerprint density at radius 3 is 2.54 bits per heavy atom. The SMILES string of the molecule is CC(C)(C)/C=C/SC[C@H](N)C(=O)O. The van der Waals surface area contributed by atoms with Crippen LogP contribution in [0.3, 0.4) is 0 Å². The molecule has 1 atom stereocenters. The van der Waals surface area contributed by atoms with Crippen LogP contribution in [-0.4, -0.2) is 22.9 Å². The van der Waals surface area contributed by atoms with Gasteiger partial charge in [-0.3, -0.25) is 4.79 Å². The number of rotatable bonds is 4. The predicted molar refractivity (Wildman–Crippen MR) is 56.7 cm³/mol. The van der Waals surface area contributed by atoms with Gasteiger partial charge in [0.15, 0.2) is 0 Å². The molecule has 4 heteroatoms. The second kappa shape index (κ2) is 5.29. The minimum Gasteiger partial charge on any atom is -0.480 e. The van der Waals surface area contributed by atoms with E-state index in [1.807, 2.05) is 11.5 Å². The lowest BCUT2D eigenvalue weighted by atomic mass is 9.98. The molecule has 0 aromatic carbocycles. The van der Waals surface area contributed by atoms with E-state index in [0.29, 0.717) is 5.75 Å². The summed E-state index contributed by atoms with van der Waals surface area (Å²) < 4.78 is 0. The fraction of sp³-hybridized carbons (Fsp3) is 0.667. The van der Waals surface area contributed by atoms with Crippen LogP contribution in [-0.2, 0) is 4.79 Å². The molecule has 0 aliphatic rings. The van der Waals surface area contributed by atoms with Crippen molar-refractivity contribution in [3.63, 3.8) is 0 Å². The molecule has 0 amide bonds. The highest BCUT2D eigenvalue weighted by Crippen LogP contribution is 2.17. The average molecular weight is 203 g/mol. The summed E-state index contributed by atoms with van der Waals surface area (Å²) in [6, 6.07) is -0.769. The second-order valence-electron chi connectivity index (χ2n) is 3.95. The number of hydrogen-bond donors (Lipinski definition) is 2. The highest BCUT2D eigenvalue weighted by molar-refractivity contribution is 8.02. The molecule has 0 rings (SSSR count). The van der Waals surface area contributed by atoms with Gasteiger partial charge in [0.2, 0.25) is 0 Å². The van der Waals surface area contributed by atoms with Gasteiger partial charge in [-0.1, -0.05) is 26.8 Å².